The molecule has 0 spiro atoms. The van der Waals surface area contributed by atoms with Crippen LogP contribution in [0.5, 0.6) is 0 Å². The van der Waals surface area contributed by atoms with Gasteiger partial charge in [-0.2, -0.15) is 0 Å². The number of halogens is 1. The van der Waals surface area contributed by atoms with Gasteiger partial charge in [-0.3, -0.25) is 5.32 Å². The molecule has 0 radical (unpaired) electrons. The summed E-state index contributed by atoms with van der Waals surface area (Å²) in [5.41, 5.74) is 0.843. The van der Waals surface area contributed by atoms with Crippen LogP contribution in [0.2, 0.25) is 0 Å². The molecular formula is C13H12FN3OS2. The third-order valence-corrected chi connectivity index (χ3v) is 4.78. The van der Waals surface area contributed by atoms with Gasteiger partial charge < -0.3 is 5.32 Å². The first-order valence-electron chi connectivity index (χ1n) is 6.11. The zero-order valence-corrected chi connectivity index (χ0v) is 12.1. The van der Waals surface area contributed by atoms with Crippen molar-refractivity contribution in [1.82, 2.24) is 10.3 Å². The van der Waals surface area contributed by atoms with E-state index in [-0.39, 0.29) is 17.9 Å². The normalized spacial score (nSPS) is 17.4. The second-order valence-corrected chi connectivity index (χ2v) is 6.34. The Bertz CT molecular complexity index is 618. The predicted octanol–water partition coefficient (Wildman–Crippen LogP) is 3.64. The number of aromatic nitrogens is 1. The highest BCUT2D eigenvalue weighted by atomic mass is 32.2. The molecule has 104 valence electrons. The summed E-state index contributed by atoms with van der Waals surface area (Å²) in [6, 6.07) is 4.23. The van der Waals surface area contributed by atoms with Crippen LogP contribution in [0.25, 0.3) is 0 Å². The summed E-state index contributed by atoms with van der Waals surface area (Å²) >= 11 is 3.04. The van der Waals surface area contributed by atoms with Gasteiger partial charge in [0.25, 0.3) is 0 Å². The monoisotopic (exact) mass is 309 g/mol. The van der Waals surface area contributed by atoms with Crippen LogP contribution in [-0.2, 0) is 0 Å². The van der Waals surface area contributed by atoms with Crippen molar-refractivity contribution in [3.63, 3.8) is 0 Å². The highest BCUT2D eigenvalue weighted by Crippen LogP contribution is 2.36. The number of carbonyl (C=O) groups is 1. The first-order chi connectivity index (χ1) is 9.72. The highest BCUT2D eigenvalue weighted by molar-refractivity contribution is 7.99. The minimum atomic E-state index is -0.313. The van der Waals surface area contributed by atoms with Crippen LogP contribution in [-0.4, -0.2) is 16.8 Å². The molecule has 2 heterocycles. The standard InChI is InChI=1S/C13H12FN3OS2/c14-8-1-2-11-9(7-8)10(3-5-19-11)16-12(18)17-13-15-4-6-20-13/h1-2,4,6-7,10H,3,5H2,(H2,15,16,17,18)/t10-/m1/s1. The van der Waals surface area contributed by atoms with Crippen molar-refractivity contribution in [2.75, 3.05) is 11.1 Å². The third kappa shape index (κ3) is 2.94. The van der Waals surface area contributed by atoms with Crippen LogP contribution in [0.1, 0.15) is 18.0 Å². The summed E-state index contributed by atoms with van der Waals surface area (Å²) in [5, 5.41) is 7.89. The maximum atomic E-state index is 13.4. The van der Waals surface area contributed by atoms with E-state index in [1.165, 1.54) is 23.5 Å². The molecule has 1 aromatic heterocycles. The topological polar surface area (TPSA) is 54.0 Å². The molecule has 7 heteroatoms. The zero-order valence-electron chi connectivity index (χ0n) is 10.4. The van der Waals surface area contributed by atoms with E-state index in [2.05, 4.69) is 15.6 Å². The molecule has 0 unspecified atom stereocenters. The van der Waals surface area contributed by atoms with Gasteiger partial charge in [-0.15, -0.1) is 23.1 Å². The molecule has 1 atom stereocenters. The maximum absolute atomic E-state index is 13.4. The Morgan fingerprint density at radius 3 is 3.15 bits per heavy atom. The number of anilines is 1. The minimum absolute atomic E-state index is 0.165. The Kier molecular flexibility index (Phi) is 3.88. The summed E-state index contributed by atoms with van der Waals surface area (Å²) in [5.74, 6) is 0.624. The van der Waals surface area contributed by atoms with E-state index in [1.54, 1.807) is 29.4 Å². The van der Waals surface area contributed by atoms with E-state index in [0.717, 1.165) is 22.6 Å². The van der Waals surface area contributed by atoms with Crippen molar-refractivity contribution < 1.29 is 9.18 Å². The van der Waals surface area contributed by atoms with Crippen molar-refractivity contribution in [3.05, 3.63) is 41.2 Å². The molecule has 1 aromatic carbocycles. The van der Waals surface area contributed by atoms with Gasteiger partial charge in [0.15, 0.2) is 5.13 Å². The average Bonchev–Trinajstić information content (AvgIpc) is 2.92. The number of carbonyl (C=O) groups excluding carboxylic acids is 1. The Balaban J connectivity index is 1.72. The van der Waals surface area contributed by atoms with E-state index < -0.39 is 0 Å². The van der Waals surface area contributed by atoms with Crippen LogP contribution in [0.3, 0.4) is 0 Å². The number of nitrogens with one attached hydrogen (secondary N) is 2. The Morgan fingerprint density at radius 2 is 2.35 bits per heavy atom. The van der Waals surface area contributed by atoms with E-state index in [0.29, 0.717) is 5.13 Å². The van der Waals surface area contributed by atoms with Crippen LogP contribution >= 0.6 is 23.1 Å². The van der Waals surface area contributed by atoms with Crippen molar-refractivity contribution in [1.29, 1.82) is 0 Å². The Labute approximate surface area is 123 Å². The van der Waals surface area contributed by atoms with Gasteiger partial charge in [-0.25, -0.2) is 14.2 Å². The van der Waals surface area contributed by atoms with Gasteiger partial charge >= 0.3 is 6.03 Å². The van der Waals surface area contributed by atoms with Gasteiger partial charge in [0.1, 0.15) is 5.82 Å². The largest absolute Gasteiger partial charge is 0.331 e. The SMILES string of the molecule is O=C(Nc1nccs1)N[C@@H]1CCSc2ccc(F)cc21. The molecule has 2 N–H and O–H groups in total. The first-order valence-corrected chi connectivity index (χ1v) is 7.98. The second kappa shape index (κ2) is 5.80. The van der Waals surface area contributed by atoms with Crippen LogP contribution in [0.4, 0.5) is 14.3 Å². The van der Waals surface area contributed by atoms with E-state index in [9.17, 15) is 9.18 Å². The maximum Gasteiger partial charge on any atom is 0.321 e. The first kappa shape index (κ1) is 13.4. The van der Waals surface area contributed by atoms with Crippen molar-refractivity contribution in [2.45, 2.75) is 17.4 Å². The summed E-state index contributed by atoms with van der Waals surface area (Å²) < 4.78 is 13.4. The smallest absolute Gasteiger partial charge is 0.321 e. The lowest BCUT2D eigenvalue weighted by Gasteiger charge is -2.25. The highest BCUT2D eigenvalue weighted by Gasteiger charge is 2.23. The lowest BCUT2D eigenvalue weighted by Crippen LogP contribution is -2.34. The van der Waals surface area contributed by atoms with Crippen LogP contribution in [0, 0.1) is 5.82 Å². The molecule has 0 aliphatic carbocycles. The van der Waals surface area contributed by atoms with E-state index in [1.807, 2.05) is 0 Å². The lowest BCUT2D eigenvalue weighted by atomic mass is 10.0. The summed E-state index contributed by atoms with van der Waals surface area (Å²) in [4.78, 5) is 16.9. The number of thioether (sulfide) groups is 1. The molecular weight excluding hydrogens is 297 g/mol. The molecule has 0 bridgehead atoms. The summed E-state index contributed by atoms with van der Waals surface area (Å²) in [6.07, 6.45) is 2.41. The van der Waals surface area contributed by atoms with E-state index >= 15 is 0 Å². The quantitative estimate of drug-likeness (QED) is 0.890. The molecule has 20 heavy (non-hydrogen) atoms. The van der Waals surface area contributed by atoms with Gasteiger partial charge in [0.05, 0.1) is 6.04 Å². The van der Waals surface area contributed by atoms with Gasteiger partial charge in [0.2, 0.25) is 0 Å². The van der Waals surface area contributed by atoms with E-state index in [4.69, 9.17) is 0 Å². The number of nitrogens with zero attached hydrogens (tertiary/aromatic N) is 1. The minimum Gasteiger partial charge on any atom is -0.331 e. The van der Waals surface area contributed by atoms with Crippen molar-refractivity contribution >= 4 is 34.3 Å². The number of thiazole rings is 1. The van der Waals surface area contributed by atoms with Crippen molar-refractivity contribution in [3.8, 4) is 0 Å². The Hall–Kier alpha value is -1.60. The summed E-state index contributed by atoms with van der Waals surface area (Å²) in [7, 11) is 0. The number of hydrogen-bond acceptors (Lipinski definition) is 4. The number of benzene rings is 1. The molecule has 2 aromatic rings. The molecule has 1 aliphatic rings. The number of fused-ring (bicyclic) bond motifs is 1. The van der Waals surface area contributed by atoms with Gasteiger partial charge in [0, 0.05) is 22.2 Å². The molecule has 3 rings (SSSR count). The van der Waals surface area contributed by atoms with Gasteiger partial charge in [-0.05, 0) is 30.2 Å². The second-order valence-electron chi connectivity index (χ2n) is 4.31. The predicted molar refractivity (Wildman–Crippen MR) is 78.8 cm³/mol. The van der Waals surface area contributed by atoms with Crippen molar-refractivity contribution in [2.24, 2.45) is 0 Å². The zero-order chi connectivity index (χ0) is 13.9. The average molecular weight is 309 g/mol. The number of urea groups is 1. The molecule has 0 fully saturated rings. The fraction of sp³-hybridized carbons (Fsp3) is 0.231. The fourth-order valence-corrected chi connectivity index (χ4v) is 3.72. The number of amides is 2. The fourth-order valence-electron chi connectivity index (χ4n) is 2.09. The molecule has 1 aliphatic heterocycles. The Morgan fingerprint density at radius 1 is 1.45 bits per heavy atom. The molecule has 4 nitrogen and oxygen atoms in total. The molecule has 2 amide bonds. The molecule has 0 saturated heterocycles. The lowest BCUT2D eigenvalue weighted by molar-refractivity contribution is 0.248. The summed E-state index contributed by atoms with van der Waals surface area (Å²) in [6.45, 7) is 0. The van der Waals surface area contributed by atoms with Gasteiger partial charge in [-0.1, -0.05) is 0 Å². The molecule has 0 saturated carbocycles. The third-order valence-electron chi connectivity index (χ3n) is 2.97. The number of rotatable bonds is 2. The van der Waals surface area contributed by atoms with Crippen LogP contribution < -0.4 is 10.6 Å². The van der Waals surface area contributed by atoms with Crippen LogP contribution in [0.15, 0.2) is 34.7 Å². The number of hydrogen-bond donors (Lipinski definition) is 2.